The predicted octanol–water partition coefficient (Wildman–Crippen LogP) is 4.97. The van der Waals surface area contributed by atoms with Gasteiger partial charge in [0.05, 0.1) is 12.0 Å². The van der Waals surface area contributed by atoms with Gasteiger partial charge in [-0.25, -0.2) is 4.79 Å². The van der Waals surface area contributed by atoms with E-state index in [4.69, 9.17) is 14.3 Å². The van der Waals surface area contributed by atoms with Crippen LogP contribution in [0.3, 0.4) is 0 Å². The van der Waals surface area contributed by atoms with Crippen molar-refractivity contribution in [1.82, 2.24) is 4.90 Å². The second-order valence-electron chi connectivity index (χ2n) is 8.98. The SMILES string of the molecule is O=C(O)CCCC1CN(C(=O)c2occc2NC(=O)OCC2c3ccccc3-c3ccccc32)C1. The summed E-state index contributed by atoms with van der Waals surface area (Å²) in [5.74, 6) is -0.831. The van der Waals surface area contributed by atoms with Crippen LogP contribution >= 0.6 is 0 Å². The molecule has 1 aliphatic heterocycles. The van der Waals surface area contributed by atoms with Crippen LogP contribution in [0.15, 0.2) is 65.3 Å². The Kier molecular flexibility index (Phi) is 6.27. The Labute approximate surface area is 202 Å². The third kappa shape index (κ3) is 4.64. The maximum atomic E-state index is 12.8. The van der Waals surface area contributed by atoms with Crippen LogP contribution in [0.1, 0.15) is 46.9 Å². The molecule has 35 heavy (non-hydrogen) atoms. The van der Waals surface area contributed by atoms with Gasteiger partial charge in [-0.15, -0.1) is 0 Å². The molecule has 8 heteroatoms. The Bertz CT molecular complexity index is 1210. The molecular formula is C27H26N2O6. The van der Waals surface area contributed by atoms with Gasteiger partial charge < -0.3 is 19.2 Å². The molecule has 0 atom stereocenters. The number of likely N-dealkylation sites (tertiary alicyclic amines) is 1. The van der Waals surface area contributed by atoms with Crippen LogP contribution in [0, 0.1) is 5.92 Å². The molecule has 2 N–H and O–H groups in total. The highest BCUT2D eigenvalue weighted by Crippen LogP contribution is 2.44. The highest BCUT2D eigenvalue weighted by molar-refractivity contribution is 6.00. The van der Waals surface area contributed by atoms with Gasteiger partial charge in [0.2, 0.25) is 5.76 Å². The molecule has 0 spiro atoms. The van der Waals surface area contributed by atoms with Crippen molar-refractivity contribution in [3.05, 3.63) is 77.7 Å². The Morgan fingerprint density at radius 3 is 2.31 bits per heavy atom. The fraction of sp³-hybridized carbons (Fsp3) is 0.296. The topological polar surface area (TPSA) is 109 Å². The molecule has 2 amide bonds. The molecular weight excluding hydrogens is 448 g/mol. The number of carboxylic acid groups (broad SMARTS) is 1. The fourth-order valence-electron chi connectivity index (χ4n) is 4.92. The lowest BCUT2D eigenvalue weighted by atomic mass is 9.93. The van der Waals surface area contributed by atoms with Gasteiger partial charge in [0.15, 0.2) is 0 Å². The Hall–Kier alpha value is -4.07. The number of nitrogens with zero attached hydrogens (tertiary/aromatic N) is 1. The third-order valence-corrected chi connectivity index (χ3v) is 6.69. The van der Waals surface area contributed by atoms with Crippen molar-refractivity contribution in [2.75, 3.05) is 25.0 Å². The molecule has 1 aliphatic carbocycles. The number of hydrogen-bond acceptors (Lipinski definition) is 5. The summed E-state index contributed by atoms with van der Waals surface area (Å²) >= 11 is 0. The van der Waals surface area contributed by atoms with Gasteiger partial charge in [0, 0.05) is 31.5 Å². The molecule has 8 nitrogen and oxygen atoms in total. The first-order valence-electron chi connectivity index (χ1n) is 11.7. The molecule has 0 radical (unpaired) electrons. The summed E-state index contributed by atoms with van der Waals surface area (Å²) < 4.78 is 10.9. The Balaban J connectivity index is 1.17. The first kappa shape index (κ1) is 22.7. The van der Waals surface area contributed by atoms with Crippen LogP contribution in [0.4, 0.5) is 10.5 Å². The van der Waals surface area contributed by atoms with Crippen molar-refractivity contribution in [2.24, 2.45) is 5.92 Å². The average Bonchev–Trinajstić information content (AvgIpc) is 3.41. The first-order valence-corrected chi connectivity index (χ1v) is 11.7. The van der Waals surface area contributed by atoms with Crippen molar-refractivity contribution < 1.29 is 28.6 Å². The number of anilines is 1. The van der Waals surface area contributed by atoms with E-state index in [0.717, 1.165) is 28.7 Å². The van der Waals surface area contributed by atoms with E-state index >= 15 is 0 Å². The zero-order valence-electron chi connectivity index (χ0n) is 19.1. The number of carbonyl (C=O) groups is 3. The molecule has 5 rings (SSSR count). The number of amides is 2. The van der Waals surface area contributed by atoms with E-state index in [-0.39, 0.29) is 42.2 Å². The van der Waals surface area contributed by atoms with Crippen molar-refractivity contribution in [1.29, 1.82) is 0 Å². The lowest BCUT2D eigenvalue weighted by Gasteiger charge is -2.39. The van der Waals surface area contributed by atoms with E-state index in [1.54, 1.807) is 4.90 Å². The van der Waals surface area contributed by atoms with Gasteiger partial charge in [0.1, 0.15) is 6.61 Å². The fourth-order valence-corrected chi connectivity index (χ4v) is 4.92. The zero-order valence-corrected chi connectivity index (χ0v) is 19.1. The zero-order chi connectivity index (χ0) is 24.4. The number of aliphatic carboxylic acids is 1. The minimum Gasteiger partial charge on any atom is -0.481 e. The van der Waals surface area contributed by atoms with E-state index in [9.17, 15) is 14.4 Å². The summed E-state index contributed by atoms with van der Waals surface area (Å²) in [6, 6.07) is 17.7. The second kappa shape index (κ2) is 9.66. The van der Waals surface area contributed by atoms with E-state index < -0.39 is 12.1 Å². The maximum Gasteiger partial charge on any atom is 0.411 e. The van der Waals surface area contributed by atoms with Gasteiger partial charge in [-0.2, -0.15) is 0 Å². The maximum absolute atomic E-state index is 12.8. The molecule has 1 fully saturated rings. The van der Waals surface area contributed by atoms with Gasteiger partial charge in [-0.1, -0.05) is 48.5 Å². The summed E-state index contributed by atoms with van der Waals surface area (Å²) in [6.07, 6.45) is 2.20. The van der Waals surface area contributed by atoms with E-state index in [1.165, 1.54) is 12.3 Å². The van der Waals surface area contributed by atoms with Gasteiger partial charge >= 0.3 is 12.1 Å². The molecule has 0 bridgehead atoms. The standard InChI is InChI=1S/C27H26N2O6/c30-24(31)11-5-6-17-14-29(15-17)26(32)25-23(12-13-34-25)28-27(33)35-16-22-20-9-3-1-7-18(20)19-8-2-4-10-21(19)22/h1-4,7-10,12-13,17,22H,5-6,11,14-16H2,(H,28,33)(H,30,31). The molecule has 2 heterocycles. The summed E-state index contributed by atoms with van der Waals surface area (Å²) in [4.78, 5) is 37.7. The van der Waals surface area contributed by atoms with Gasteiger partial charge in [-0.3, -0.25) is 14.9 Å². The molecule has 2 aromatic carbocycles. The molecule has 180 valence electrons. The quantitative estimate of drug-likeness (QED) is 0.477. The van der Waals surface area contributed by atoms with Crippen molar-refractivity contribution >= 4 is 23.7 Å². The molecule has 2 aliphatic rings. The highest BCUT2D eigenvalue weighted by atomic mass is 16.5. The minimum atomic E-state index is -0.809. The lowest BCUT2D eigenvalue weighted by molar-refractivity contribution is -0.137. The van der Waals surface area contributed by atoms with Crippen molar-refractivity contribution in [3.8, 4) is 11.1 Å². The van der Waals surface area contributed by atoms with E-state index in [2.05, 4.69) is 29.6 Å². The number of fused-ring (bicyclic) bond motifs is 3. The summed E-state index contributed by atoms with van der Waals surface area (Å²) in [7, 11) is 0. The minimum absolute atomic E-state index is 0.0576. The molecule has 1 saturated heterocycles. The number of nitrogens with one attached hydrogen (secondary N) is 1. The Morgan fingerprint density at radius 1 is 1.00 bits per heavy atom. The largest absolute Gasteiger partial charge is 0.481 e. The number of benzene rings is 2. The molecule has 1 aromatic heterocycles. The second-order valence-corrected chi connectivity index (χ2v) is 8.98. The number of carbonyl (C=O) groups excluding carboxylic acids is 2. The molecule has 0 saturated carbocycles. The smallest absolute Gasteiger partial charge is 0.411 e. The summed E-state index contributed by atoms with van der Waals surface area (Å²) in [6.45, 7) is 1.26. The van der Waals surface area contributed by atoms with Crippen molar-refractivity contribution in [3.63, 3.8) is 0 Å². The molecule has 3 aromatic rings. The van der Waals surface area contributed by atoms with Crippen LogP contribution in [-0.2, 0) is 9.53 Å². The number of rotatable bonds is 8. The third-order valence-electron chi connectivity index (χ3n) is 6.69. The molecule has 0 unspecified atom stereocenters. The number of furan rings is 1. The predicted molar refractivity (Wildman–Crippen MR) is 128 cm³/mol. The van der Waals surface area contributed by atoms with Crippen LogP contribution in [0.5, 0.6) is 0 Å². The summed E-state index contributed by atoms with van der Waals surface area (Å²) in [5.41, 5.74) is 4.81. The van der Waals surface area contributed by atoms with Crippen LogP contribution in [0.2, 0.25) is 0 Å². The van der Waals surface area contributed by atoms with Crippen LogP contribution in [0.25, 0.3) is 11.1 Å². The number of carboxylic acids is 1. The van der Waals surface area contributed by atoms with Crippen LogP contribution < -0.4 is 5.32 Å². The average molecular weight is 475 g/mol. The van der Waals surface area contributed by atoms with Crippen molar-refractivity contribution in [2.45, 2.75) is 25.2 Å². The van der Waals surface area contributed by atoms with E-state index in [1.807, 2.05) is 24.3 Å². The monoisotopic (exact) mass is 474 g/mol. The van der Waals surface area contributed by atoms with Gasteiger partial charge in [0.25, 0.3) is 5.91 Å². The Morgan fingerprint density at radius 2 is 1.66 bits per heavy atom. The normalized spacial score (nSPS) is 14.7. The highest BCUT2D eigenvalue weighted by Gasteiger charge is 2.34. The summed E-state index contributed by atoms with van der Waals surface area (Å²) in [5, 5.41) is 11.4. The lowest BCUT2D eigenvalue weighted by Crippen LogP contribution is -2.50. The number of hydrogen-bond donors (Lipinski definition) is 2. The number of ether oxygens (including phenoxy) is 1. The van der Waals surface area contributed by atoms with Gasteiger partial charge in [-0.05, 0) is 41.0 Å². The van der Waals surface area contributed by atoms with E-state index in [0.29, 0.717) is 19.5 Å². The first-order chi connectivity index (χ1) is 17.0. The van der Waals surface area contributed by atoms with Crippen LogP contribution in [-0.4, -0.2) is 47.7 Å².